The normalized spacial score (nSPS) is 12.0. The van der Waals surface area contributed by atoms with Gasteiger partial charge in [-0.3, -0.25) is 0 Å². The third kappa shape index (κ3) is 3.31. The molecule has 0 aliphatic heterocycles. The zero-order chi connectivity index (χ0) is 16.7. The molecule has 0 aromatic heterocycles. The van der Waals surface area contributed by atoms with Crippen molar-refractivity contribution in [2.75, 3.05) is 0 Å². The van der Waals surface area contributed by atoms with Crippen molar-refractivity contribution in [2.24, 2.45) is 0 Å². The van der Waals surface area contributed by atoms with Crippen LogP contribution in [-0.2, 0) is 6.18 Å². The van der Waals surface area contributed by atoms with Gasteiger partial charge < -0.3 is 0 Å². The van der Waals surface area contributed by atoms with Crippen LogP contribution in [0.5, 0.6) is 0 Å². The van der Waals surface area contributed by atoms with Gasteiger partial charge in [-0.15, -0.1) is 0 Å². The van der Waals surface area contributed by atoms with E-state index in [1.165, 1.54) is 6.07 Å². The highest BCUT2D eigenvalue weighted by Gasteiger charge is 2.36. The average molecular weight is 376 g/mol. The maximum atomic E-state index is 13.2. The third-order valence-electron chi connectivity index (χ3n) is 2.90. The molecule has 0 heterocycles. The number of hydrogen-bond acceptors (Lipinski definition) is 0. The Hall–Kier alpha value is -1.04. The third-order valence-corrected chi connectivity index (χ3v) is 3.92. The first kappa shape index (κ1) is 17.3. The van der Waals surface area contributed by atoms with Crippen LogP contribution in [0.2, 0.25) is 15.1 Å². The van der Waals surface area contributed by atoms with E-state index in [0.29, 0.717) is 6.07 Å². The number of benzene rings is 2. The Morgan fingerprint density at radius 2 is 1.59 bits per heavy atom. The van der Waals surface area contributed by atoms with E-state index in [2.05, 4.69) is 0 Å². The van der Waals surface area contributed by atoms with Gasteiger partial charge in [-0.25, -0.2) is 8.78 Å². The standard InChI is InChI=1S/C14H6Cl3F5/c15-6-4-8(12(17)10(16)5-6)11-7(13(18)19)2-1-3-9(11)14(20,21)22/h1-5,13H. The molecule has 22 heavy (non-hydrogen) atoms. The molecule has 2 aromatic rings. The first-order valence-electron chi connectivity index (χ1n) is 5.76. The summed E-state index contributed by atoms with van der Waals surface area (Å²) in [5.74, 6) is 0. The van der Waals surface area contributed by atoms with E-state index in [1.807, 2.05) is 0 Å². The summed E-state index contributed by atoms with van der Waals surface area (Å²) in [7, 11) is 0. The molecule has 0 unspecified atom stereocenters. The van der Waals surface area contributed by atoms with Crippen molar-refractivity contribution in [3.8, 4) is 11.1 Å². The van der Waals surface area contributed by atoms with Crippen LogP contribution in [0.3, 0.4) is 0 Å². The smallest absolute Gasteiger partial charge is 0.205 e. The van der Waals surface area contributed by atoms with E-state index in [9.17, 15) is 22.0 Å². The lowest BCUT2D eigenvalue weighted by Gasteiger charge is -2.18. The SMILES string of the molecule is FC(F)c1cccc(C(F)(F)F)c1-c1cc(Cl)cc(Cl)c1Cl. The van der Waals surface area contributed by atoms with Crippen molar-refractivity contribution < 1.29 is 22.0 Å². The quantitative estimate of drug-likeness (QED) is 0.382. The van der Waals surface area contributed by atoms with Gasteiger partial charge in [0.2, 0.25) is 0 Å². The molecule has 0 aliphatic carbocycles. The molecule has 0 radical (unpaired) electrons. The second-order valence-electron chi connectivity index (χ2n) is 4.32. The van der Waals surface area contributed by atoms with E-state index in [-0.39, 0.29) is 20.6 Å². The number of rotatable bonds is 2. The van der Waals surface area contributed by atoms with Gasteiger partial charge in [-0.2, -0.15) is 13.2 Å². The summed E-state index contributed by atoms with van der Waals surface area (Å²) in [6.07, 6.45) is -7.95. The summed E-state index contributed by atoms with van der Waals surface area (Å²) in [6, 6.07) is 4.81. The molecule has 0 saturated carbocycles. The molecule has 0 bridgehead atoms. The van der Waals surface area contributed by atoms with Crippen LogP contribution in [0.1, 0.15) is 17.6 Å². The Bertz CT molecular complexity index is 710. The highest BCUT2D eigenvalue weighted by Crippen LogP contribution is 2.46. The van der Waals surface area contributed by atoms with Crippen molar-refractivity contribution >= 4 is 34.8 Å². The Labute approximate surface area is 137 Å². The molecular formula is C14H6Cl3F5. The van der Waals surface area contributed by atoms with Crippen molar-refractivity contribution in [3.63, 3.8) is 0 Å². The topological polar surface area (TPSA) is 0 Å². The maximum absolute atomic E-state index is 13.2. The summed E-state index contributed by atoms with van der Waals surface area (Å²) in [6.45, 7) is 0. The molecule has 0 amide bonds. The molecule has 0 fully saturated rings. The summed E-state index contributed by atoms with van der Waals surface area (Å²) in [4.78, 5) is 0. The van der Waals surface area contributed by atoms with Crippen LogP contribution < -0.4 is 0 Å². The lowest BCUT2D eigenvalue weighted by molar-refractivity contribution is -0.137. The molecule has 0 saturated heterocycles. The fourth-order valence-corrected chi connectivity index (χ4v) is 2.72. The van der Waals surface area contributed by atoms with Gasteiger partial charge in [-0.1, -0.05) is 46.9 Å². The molecule has 8 heteroatoms. The highest BCUT2D eigenvalue weighted by molar-refractivity contribution is 6.45. The molecule has 118 valence electrons. The van der Waals surface area contributed by atoms with Crippen LogP contribution in [0.25, 0.3) is 11.1 Å². The molecule has 2 rings (SSSR count). The van der Waals surface area contributed by atoms with Gasteiger partial charge in [-0.05, 0) is 18.2 Å². The zero-order valence-electron chi connectivity index (χ0n) is 10.5. The highest BCUT2D eigenvalue weighted by atomic mass is 35.5. The Balaban J connectivity index is 2.90. The first-order valence-corrected chi connectivity index (χ1v) is 6.89. The van der Waals surface area contributed by atoms with Gasteiger partial charge in [0.25, 0.3) is 6.43 Å². The second kappa shape index (κ2) is 6.22. The average Bonchev–Trinajstić information content (AvgIpc) is 2.41. The van der Waals surface area contributed by atoms with Crippen molar-refractivity contribution in [1.29, 1.82) is 0 Å². The monoisotopic (exact) mass is 374 g/mol. The summed E-state index contributed by atoms with van der Waals surface area (Å²) in [5.41, 5.74) is -3.04. The Kier molecular flexibility index (Phi) is 4.90. The minimum atomic E-state index is -4.83. The van der Waals surface area contributed by atoms with Gasteiger partial charge in [0.15, 0.2) is 0 Å². The lowest BCUT2D eigenvalue weighted by Crippen LogP contribution is -2.09. The van der Waals surface area contributed by atoms with Crippen LogP contribution in [0.15, 0.2) is 30.3 Å². The van der Waals surface area contributed by atoms with E-state index in [4.69, 9.17) is 34.8 Å². The van der Waals surface area contributed by atoms with E-state index >= 15 is 0 Å². The lowest BCUT2D eigenvalue weighted by atomic mass is 9.94. The van der Waals surface area contributed by atoms with E-state index in [0.717, 1.165) is 18.2 Å². The number of halogens is 8. The molecule has 2 aromatic carbocycles. The van der Waals surface area contributed by atoms with Crippen LogP contribution in [-0.4, -0.2) is 0 Å². The minimum absolute atomic E-state index is 0.0124. The molecule has 0 aliphatic rings. The fraction of sp³-hybridized carbons (Fsp3) is 0.143. The van der Waals surface area contributed by atoms with Crippen LogP contribution in [0, 0.1) is 0 Å². The summed E-state index contributed by atoms with van der Waals surface area (Å²) < 4.78 is 65.7. The van der Waals surface area contributed by atoms with E-state index in [1.54, 1.807) is 0 Å². The van der Waals surface area contributed by atoms with Crippen molar-refractivity contribution in [3.05, 3.63) is 56.5 Å². The molecule has 0 spiro atoms. The number of hydrogen-bond donors (Lipinski definition) is 0. The second-order valence-corrected chi connectivity index (χ2v) is 5.54. The van der Waals surface area contributed by atoms with Gasteiger partial charge in [0, 0.05) is 21.7 Å². The van der Waals surface area contributed by atoms with Crippen molar-refractivity contribution in [2.45, 2.75) is 12.6 Å². The summed E-state index contributed by atoms with van der Waals surface area (Å²) in [5, 5.41) is -0.410. The predicted molar refractivity (Wildman–Crippen MR) is 76.9 cm³/mol. The van der Waals surface area contributed by atoms with E-state index < -0.39 is 29.3 Å². The molecule has 0 nitrogen and oxygen atoms in total. The van der Waals surface area contributed by atoms with Gasteiger partial charge in [0.1, 0.15) is 0 Å². The maximum Gasteiger partial charge on any atom is 0.417 e. The van der Waals surface area contributed by atoms with Crippen LogP contribution in [0.4, 0.5) is 22.0 Å². The summed E-state index contributed by atoms with van der Waals surface area (Å²) >= 11 is 17.4. The Morgan fingerprint density at radius 3 is 2.14 bits per heavy atom. The largest absolute Gasteiger partial charge is 0.417 e. The van der Waals surface area contributed by atoms with Gasteiger partial charge in [0.05, 0.1) is 15.6 Å². The number of alkyl halides is 5. The van der Waals surface area contributed by atoms with Crippen LogP contribution >= 0.6 is 34.8 Å². The first-order chi connectivity index (χ1) is 10.1. The molecule has 0 N–H and O–H groups in total. The zero-order valence-corrected chi connectivity index (χ0v) is 12.8. The minimum Gasteiger partial charge on any atom is -0.205 e. The van der Waals surface area contributed by atoms with Gasteiger partial charge >= 0.3 is 6.18 Å². The Morgan fingerprint density at radius 1 is 0.955 bits per heavy atom. The molecule has 0 atom stereocenters. The molecular weight excluding hydrogens is 370 g/mol. The predicted octanol–water partition coefficient (Wildman–Crippen LogP) is 7.27. The fourth-order valence-electron chi connectivity index (χ4n) is 2.03. The van der Waals surface area contributed by atoms with Crippen molar-refractivity contribution in [1.82, 2.24) is 0 Å².